The second-order valence-electron chi connectivity index (χ2n) is 3.00. The highest BCUT2D eigenvalue weighted by Crippen LogP contribution is 2.17. The third-order valence-corrected chi connectivity index (χ3v) is 1.69. The maximum atomic E-state index is 11.0. The molecule has 0 unspecified atom stereocenters. The van der Waals surface area contributed by atoms with E-state index in [2.05, 4.69) is 10.6 Å². The highest BCUT2D eigenvalue weighted by molar-refractivity contribution is 6.35. The van der Waals surface area contributed by atoms with Gasteiger partial charge in [0.05, 0.1) is 6.54 Å². The number of hydrogen-bond acceptors (Lipinski definition) is 4. The van der Waals surface area contributed by atoms with Crippen molar-refractivity contribution in [3.05, 3.63) is 0 Å². The first kappa shape index (κ1) is 10.5. The first-order valence-electron chi connectivity index (χ1n) is 4.21. The Bertz CT molecular complexity index is 262. The summed E-state index contributed by atoms with van der Waals surface area (Å²) in [4.78, 5) is 32.4. The molecule has 1 saturated carbocycles. The van der Waals surface area contributed by atoms with Gasteiger partial charge >= 0.3 is 11.8 Å². The Hall–Kier alpha value is -1.63. The predicted molar refractivity (Wildman–Crippen MR) is 46.5 cm³/mol. The van der Waals surface area contributed by atoms with E-state index < -0.39 is 11.8 Å². The third-order valence-electron chi connectivity index (χ3n) is 1.69. The molecule has 0 aromatic heterocycles. The lowest BCUT2D eigenvalue weighted by molar-refractivity contribution is -0.139. The second-order valence-corrected chi connectivity index (χ2v) is 3.00. The molecule has 7 heteroatoms. The van der Waals surface area contributed by atoms with Crippen LogP contribution in [0.3, 0.4) is 0 Å². The van der Waals surface area contributed by atoms with Gasteiger partial charge in [-0.05, 0) is 12.8 Å². The average Bonchev–Trinajstić information content (AvgIpc) is 2.96. The number of carbonyl (C=O) groups excluding carboxylic acids is 3. The van der Waals surface area contributed by atoms with E-state index in [1.165, 1.54) is 0 Å². The summed E-state index contributed by atoms with van der Waals surface area (Å²) in [5.74, 6) is 2.52. The van der Waals surface area contributed by atoms with Gasteiger partial charge in [0, 0.05) is 6.04 Å². The summed E-state index contributed by atoms with van der Waals surface area (Å²) in [5.41, 5.74) is 1.66. The number of carbonyl (C=O) groups is 3. The van der Waals surface area contributed by atoms with E-state index in [1.54, 1.807) is 5.43 Å². The molecule has 0 heterocycles. The van der Waals surface area contributed by atoms with Crippen molar-refractivity contribution in [1.82, 2.24) is 16.1 Å². The van der Waals surface area contributed by atoms with E-state index in [1.807, 2.05) is 0 Å². The molecule has 0 bridgehead atoms. The Morgan fingerprint density at radius 3 is 2.36 bits per heavy atom. The van der Waals surface area contributed by atoms with Gasteiger partial charge < -0.3 is 10.6 Å². The lowest BCUT2D eigenvalue weighted by atomic mass is 10.5. The molecule has 0 radical (unpaired) electrons. The fraction of sp³-hybridized carbons (Fsp3) is 0.571. The van der Waals surface area contributed by atoms with Gasteiger partial charge in [-0.3, -0.25) is 19.8 Å². The Morgan fingerprint density at radius 2 is 1.86 bits per heavy atom. The molecule has 3 amide bonds. The molecule has 7 nitrogen and oxygen atoms in total. The summed E-state index contributed by atoms with van der Waals surface area (Å²) in [6.45, 7) is -0.206. The number of rotatable bonds is 3. The molecule has 0 saturated heterocycles. The van der Waals surface area contributed by atoms with Gasteiger partial charge in [-0.2, -0.15) is 0 Å². The Morgan fingerprint density at radius 1 is 1.21 bits per heavy atom. The largest absolute Gasteiger partial charge is 0.352 e. The van der Waals surface area contributed by atoms with E-state index in [-0.39, 0.29) is 18.5 Å². The summed E-state index contributed by atoms with van der Waals surface area (Å²) >= 11 is 0. The molecular formula is C7H12N4O3. The lowest BCUT2D eigenvalue weighted by Gasteiger charge is -2.04. The zero-order valence-electron chi connectivity index (χ0n) is 7.50. The smallest absolute Gasteiger partial charge is 0.323 e. The maximum Gasteiger partial charge on any atom is 0.323 e. The van der Waals surface area contributed by atoms with Crippen LogP contribution < -0.4 is 21.9 Å². The van der Waals surface area contributed by atoms with Gasteiger partial charge in [-0.25, -0.2) is 5.84 Å². The summed E-state index contributed by atoms with van der Waals surface area (Å²) < 4.78 is 0. The van der Waals surface area contributed by atoms with Crippen molar-refractivity contribution in [2.75, 3.05) is 6.54 Å². The van der Waals surface area contributed by atoms with Crippen molar-refractivity contribution in [1.29, 1.82) is 0 Å². The van der Waals surface area contributed by atoms with Gasteiger partial charge in [0.1, 0.15) is 0 Å². The Balaban J connectivity index is 2.15. The van der Waals surface area contributed by atoms with Crippen molar-refractivity contribution in [2.45, 2.75) is 18.9 Å². The van der Waals surface area contributed by atoms with Crippen molar-refractivity contribution >= 4 is 17.7 Å². The van der Waals surface area contributed by atoms with Crippen LogP contribution in [0.5, 0.6) is 0 Å². The van der Waals surface area contributed by atoms with Gasteiger partial charge in [-0.15, -0.1) is 0 Å². The molecule has 1 fully saturated rings. The second kappa shape index (κ2) is 4.56. The minimum absolute atomic E-state index is 0.206. The van der Waals surface area contributed by atoms with Gasteiger partial charge in [-0.1, -0.05) is 0 Å². The number of nitrogens with two attached hydrogens (primary N) is 1. The van der Waals surface area contributed by atoms with E-state index in [9.17, 15) is 14.4 Å². The summed E-state index contributed by atoms with van der Waals surface area (Å²) in [5, 5.41) is 4.77. The number of hydrazine groups is 1. The molecule has 5 N–H and O–H groups in total. The molecule has 78 valence electrons. The highest BCUT2D eigenvalue weighted by atomic mass is 16.2. The molecule has 0 aliphatic heterocycles. The van der Waals surface area contributed by atoms with Gasteiger partial charge in [0.25, 0.3) is 0 Å². The summed E-state index contributed by atoms with van der Waals surface area (Å²) in [6, 6.07) is 0.239. The number of hydrogen-bond donors (Lipinski definition) is 4. The SMILES string of the molecule is NNC(=O)C(=O)NCC(=O)NC1CC1. The van der Waals surface area contributed by atoms with Gasteiger partial charge in [0.2, 0.25) is 5.91 Å². The fourth-order valence-electron chi connectivity index (χ4n) is 0.813. The molecule has 1 aliphatic carbocycles. The van der Waals surface area contributed by atoms with Crippen LogP contribution in [0.15, 0.2) is 0 Å². The minimum atomic E-state index is -0.968. The van der Waals surface area contributed by atoms with Crippen molar-refractivity contribution in [3.63, 3.8) is 0 Å². The van der Waals surface area contributed by atoms with Crippen molar-refractivity contribution in [2.24, 2.45) is 5.84 Å². The maximum absolute atomic E-state index is 11.0. The third kappa shape index (κ3) is 3.40. The van der Waals surface area contributed by atoms with Crippen LogP contribution in [-0.2, 0) is 14.4 Å². The number of amides is 3. The molecule has 14 heavy (non-hydrogen) atoms. The van der Waals surface area contributed by atoms with Crippen LogP contribution in [0.1, 0.15) is 12.8 Å². The van der Waals surface area contributed by atoms with Crippen LogP contribution in [0.2, 0.25) is 0 Å². The first-order chi connectivity index (χ1) is 6.63. The Kier molecular flexibility index (Phi) is 3.41. The van der Waals surface area contributed by atoms with Crippen LogP contribution in [0.4, 0.5) is 0 Å². The van der Waals surface area contributed by atoms with Crippen LogP contribution >= 0.6 is 0 Å². The lowest BCUT2D eigenvalue weighted by Crippen LogP contribution is -2.46. The summed E-state index contributed by atoms with van der Waals surface area (Å²) in [6.07, 6.45) is 1.95. The molecule has 0 aromatic rings. The Labute approximate surface area is 80.4 Å². The molecule has 0 atom stereocenters. The zero-order valence-corrected chi connectivity index (χ0v) is 7.50. The fourth-order valence-corrected chi connectivity index (χ4v) is 0.813. The highest BCUT2D eigenvalue weighted by Gasteiger charge is 2.23. The molecular weight excluding hydrogens is 188 g/mol. The topological polar surface area (TPSA) is 113 Å². The van der Waals surface area contributed by atoms with Crippen LogP contribution in [-0.4, -0.2) is 30.3 Å². The molecule has 0 aromatic carbocycles. The van der Waals surface area contributed by atoms with Crippen LogP contribution in [0, 0.1) is 0 Å². The van der Waals surface area contributed by atoms with E-state index in [0.717, 1.165) is 12.8 Å². The molecule has 1 rings (SSSR count). The van der Waals surface area contributed by atoms with E-state index in [4.69, 9.17) is 5.84 Å². The van der Waals surface area contributed by atoms with E-state index in [0.29, 0.717) is 0 Å². The van der Waals surface area contributed by atoms with Crippen molar-refractivity contribution in [3.8, 4) is 0 Å². The monoisotopic (exact) mass is 200 g/mol. The first-order valence-corrected chi connectivity index (χ1v) is 4.21. The zero-order chi connectivity index (χ0) is 10.6. The van der Waals surface area contributed by atoms with Gasteiger partial charge in [0.15, 0.2) is 0 Å². The minimum Gasteiger partial charge on any atom is -0.352 e. The number of nitrogens with one attached hydrogen (secondary N) is 3. The van der Waals surface area contributed by atoms with Crippen LogP contribution in [0.25, 0.3) is 0 Å². The van der Waals surface area contributed by atoms with E-state index >= 15 is 0 Å². The van der Waals surface area contributed by atoms with Crippen molar-refractivity contribution < 1.29 is 14.4 Å². The predicted octanol–water partition coefficient (Wildman–Crippen LogP) is -2.63. The average molecular weight is 200 g/mol. The normalized spacial score (nSPS) is 14.4. The molecule has 1 aliphatic rings. The quantitative estimate of drug-likeness (QED) is 0.173. The standard InChI is InChI=1S/C7H12N4O3/c8-11-7(14)6(13)9-3-5(12)10-4-1-2-4/h4H,1-3,8H2,(H,9,13)(H,10,12)(H,11,14). The molecule has 0 spiro atoms. The summed E-state index contributed by atoms with van der Waals surface area (Å²) in [7, 11) is 0.